The fourth-order valence-electron chi connectivity index (χ4n) is 0.733. The minimum atomic E-state index is -0.761. The Morgan fingerprint density at radius 3 is 2.82 bits per heavy atom. The molecule has 0 aliphatic rings. The second-order valence-electron chi connectivity index (χ2n) is 2.20. The third-order valence-corrected chi connectivity index (χ3v) is 1.53. The fourth-order valence-corrected chi connectivity index (χ4v) is 1.04. The Morgan fingerprint density at radius 2 is 2.36 bits per heavy atom. The second-order valence-corrected chi connectivity index (χ2v) is 2.60. The van der Waals surface area contributed by atoms with E-state index in [1.165, 1.54) is 6.92 Å². The Morgan fingerprint density at radius 1 is 1.73 bits per heavy atom. The largest absolute Gasteiger partial charge is 0.387 e. The van der Waals surface area contributed by atoms with Gasteiger partial charge < -0.3 is 5.11 Å². The van der Waals surface area contributed by atoms with Crippen LogP contribution >= 0.6 is 11.6 Å². The van der Waals surface area contributed by atoms with Gasteiger partial charge in [0.05, 0.1) is 23.0 Å². The lowest BCUT2D eigenvalue weighted by atomic mass is 10.2. The molecule has 0 saturated heterocycles. The van der Waals surface area contributed by atoms with Crippen molar-refractivity contribution in [2.24, 2.45) is 0 Å². The van der Waals surface area contributed by atoms with Crippen molar-refractivity contribution in [1.82, 2.24) is 4.98 Å². The summed E-state index contributed by atoms with van der Waals surface area (Å²) in [6.45, 7) is 1.52. The van der Waals surface area contributed by atoms with Gasteiger partial charge in [0, 0.05) is 0 Å². The second kappa shape index (κ2) is 3.15. The molecule has 0 amide bonds. The molecule has 1 heterocycles. The number of aliphatic hydroxyl groups excluding tert-OH is 1. The Kier molecular flexibility index (Phi) is 2.42. The minimum absolute atomic E-state index is 0.153. The van der Waals surface area contributed by atoms with Crippen LogP contribution in [0.25, 0.3) is 0 Å². The van der Waals surface area contributed by atoms with Gasteiger partial charge in [0.25, 0.3) is 0 Å². The molecule has 1 atom stereocenters. The highest BCUT2D eigenvalue weighted by atomic mass is 35.5. The van der Waals surface area contributed by atoms with Crippen LogP contribution in [0, 0.1) is 5.82 Å². The van der Waals surface area contributed by atoms with E-state index in [4.69, 9.17) is 16.7 Å². The molecule has 60 valence electrons. The van der Waals surface area contributed by atoms with Crippen molar-refractivity contribution >= 4 is 11.6 Å². The third kappa shape index (κ3) is 1.88. The Bertz CT molecular complexity index is 265. The zero-order valence-corrected chi connectivity index (χ0v) is 6.64. The van der Waals surface area contributed by atoms with E-state index in [1.807, 2.05) is 0 Å². The Balaban J connectivity index is 3.09. The lowest BCUT2D eigenvalue weighted by Crippen LogP contribution is -1.96. The van der Waals surface area contributed by atoms with Crippen molar-refractivity contribution in [3.05, 3.63) is 28.8 Å². The number of aromatic nitrogens is 1. The van der Waals surface area contributed by atoms with Crippen LogP contribution in [0.5, 0.6) is 0 Å². The topological polar surface area (TPSA) is 33.1 Å². The molecule has 0 radical (unpaired) electrons. The molecular formula is C7H7ClFNO. The molecule has 0 aromatic carbocycles. The summed E-state index contributed by atoms with van der Waals surface area (Å²) in [7, 11) is 0. The van der Waals surface area contributed by atoms with Gasteiger partial charge in [-0.15, -0.1) is 0 Å². The lowest BCUT2D eigenvalue weighted by molar-refractivity contribution is 0.194. The van der Waals surface area contributed by atoms with Crippen LogP contribution < -0.4 is 0 Å². The minimum Gasteiger partial charge on any atom is -0.387 e. The number of rotatable bonds is 1. The Labute approximate surface area is 68.6 Å². The van der Waals surface area contributed by atoms with E-state index in [-0.39, 0.29) is 5.02 Å². The summed E-state index contributed by atoms with van der Waals surface area (Å²) in [4.78, 5) is 3.62. The highest BCUT2D eigenvalue weighted by Gasteiger charge is 2.07. The molecule has 1 aromatic rings. The van der Waals surface area contributed by atoms with Gasteiger partial charge in [-0.3, -0.25) is 4.98 Å². The predicted molar refractivity (Wildman–Crippen MR) is 39.8 cm³/mol. The zero-order chi connectivity index (χ0) is 8.43. The fraction of sp³-hybridized carbons (Fsp3) is 0.286. The van der Waals surface area contributed by atoms with Crippen LogP contribution in [-0.4, -0.2) is 10.1 Å². The molecule has 1 aromatic heterocycles. The van der Waals surface area contributed by atoms with Crippen LogP contribution in [0.3, 0.4) is 0 Å². The third-order valence-electron chi connectivity index (χ3n) is 1.23. The van der Waals surface area contributed by atoms with Gasteiger partial charge in [0.15, 0.2) is 0 Å². The molecule has 0 fully saturated rings. The van der Waals surface area contributed by atoms with Crippen molar-refractivity contribution < 1.29 is 9.50 Å². The van der Waals surface area contributed by atoms with E-state index in [1.54, 1.807) is 0 Å². The normalized spacial score (nSPS) is 13.1. The SMILES string of the molecule is CC(O)c1ncc(F)cc1Cl. The van der Waals surface area contributed by atoms with Crippen molar-refractivity contribution in [3.63, 3.8) is 0 Å². The van der Waals surface area contributed by atoms with Crippen LogP contribution in [-0.2, 0) is 0 Å². The number of hydrogen-bond donors (Lipinski definition) is 1. The first-order chi connectivity index (χ1) is 5.11. The number of halogens is 2. The lowest BCUT2D eigenvalue weighted by Gasteiger charge is -2.04. The van der Waals surface area contributed by atoms with Gasteiger partial charge in [-0.1, -0.05) is 11.6 Å². The quantitative estimate of drug-likeness (QED) is 0.708. The highest BCUT2D eigenvalue weighted by Crippen LogP contribution is 2.20. The molecular weight excluding hydrogens is 169 g/mol. The van der Waals surface area contributed by atoms with E-state index in [0.29, 0.717) is 5.69 Å². The van der Waals surface area contributed by atoms with Gasteiger partial charge in [-0.2, -0.15) is 0 Å². The van der Waals surface area contributed by atoms with Crippen molar-refractivity contribution in [2.45, 2.75) is 13.0 Å². The average Bonchev–Trinajstić information content (AvgIpc) is 1.85. The van der Waals surface area contributed by atoms with Crippen molar-refractivity contribution in [2.75, 3.05) is 0 Å². The molecule has 1 unspecified atom stereocenters. The van der Waals surface area contributed by atoms with Gasteiger partial charge in [-0.05, 0) is 13.0 Å². The summed E-state index contributed by atoms with van der Waals surface area (Å²) < 4.78 is 12.4. The van der Waals surface area contributed by atoms with E-state index in [2.05, 4.69) is 4.98 Å². The molecule has 2 nitrogen and oxygen atoms in total. The predicted octanol–water partition coefficient (Wildman–Crippen LogP) is 1.93. The van der Waals surface area contributed by atoms with Crippen molar-refractivity contribution in [1.29, 1.82) is 0 Å². The summed E-state index contributed by atoms with van der Waals surface area (Å²) in [6, 6.07) is 1.12. The molecule has 11 heavy (non-hydrogen) atoms. The molecule has 0 bridgehead atoms. The van der Waals surface area contributed by atoms with Crippen molar-refractivity contribution in [3.8, 4) is 0 Å². The van der Waals surface area contributed by atoms with Gasteiger partial charge in [-0.25, -0.2) is 4.39 Å². The highest BCUT2D eigenvalue weighted by molar-refractivity contribution is 6.31. The summed E-state index contributed by atoms with van der Waals surface area (Å²) in [5, 5.41) is 9.18. The van der Waals surface area contributed by atoms with Gasteiger partial charge >= 0.3 is 0 Å². The smallest absolute Gasteiger partial charge is 0.142 e. The standard InChI is InChI=1S/C7H7ClFNO/c1-4(11)7-6(8)2-5(9)3-10-7/h2-4,11H,1H3. The summed E-state index contributed by atoms with van der Waals surface area (Å²) in [6.07, 6.45) is 0.261. The van der Waals surface area contributed by atoms with E-state index < -0.39 is 11.9 Å². The van der Waals surface area contributed by atoms with Crippen LogP contribution in [0.15, 0.2) is 12.3 Å². The summed E-state index contributed by atoms with van der Waals surface area (Å²) in [5.74, 6) is -0.501. The van der Waals surface area contributed by atoms with E-state index in [9.17, 15) is 4.39 Å². The summed E-state index contributed by atoms with van der Waals surface area (Å²) in [5.41, 5.74) is 0.299. The van der Waals surface area contributed by atoms with Gasteiger partial charge in [0.1, 0.15) is 5.82 Å². The Hall–Kier alpha value is -0.670. The number of pyridine rings is 1. The number of hydrogen-bond acceptors (Lipinski definition) is 2. The molecule has 0 saturated carbocycles. The monoisotopic (exact) mass is 175 g/mol. The maximum Gasteiger partial charge on any atom is 0.142 e. The van der Waals surface area contributed by atoms with E-state index >= 15 is 0 Å². The maximum atomic E-state index is 12.4. The van der Waals surface area contributed by atoms with Crippen LogP contribution in [0.1, 0.15) is 18.7 Å². The van der Waals surface area contributed by atoms with Crippen LogP contribution in [0.4, 0.5) is 4.39 Å². The van der Waals surface area contributed by atoms with Crippen LogP contribution in [0.2, 0.25) is 5.02 Å². The first-order valence-corrected chi connectivity index (χ1v) is 3.48. The molecule has 0 aliphatic heterocycles. The van der Waals surface area contributed by atoms with E-state index in [0.717, 1.165) is 12.3 Å². The molecule has 1 N–H and O–H groups in total. The molecule has 0 spiro atoms. The molecule has 4 heteroatoms. The first-order valence-electron chi connectivity index (χ1n) is 3.10. The average molecular weight is 176 g/mol. The molecule has 1 rings (SSSR count). The van der Waals surface area contributed by atoms with Gasteiger partial charge in [0.2, 0.25) is 0 Å². The zero-order valence-electron chi connectivity index (χ0n) is 5.88. The summed E-state index contributed by atoms with van der Waals surface area (Å²) >= 11 is 5.56. The maximum absolute atomic E-state index is 12.4. The first kappa shape index (κ1) is 8.43. The number of nitrogens with zero attached hydrogens (tertiary/aromatic N) is 1. The number of aliphatic hydroxyl groups is 1. The molecule has 0 aliphatic carbocycles.